The number of thiophene rings is 1. The lowest BCUT2D eigenvalue weighted by Gasteiger charge is -2.09. The number of imidazole rings is 1. The molecule has 0 saturated heterocycles. The zero-order valence-electron chi connectivity index (χ0n) is 12.1. The maximum absolute atomic E-state index is 14.0. The molecule has 3 aromatic heterocycles. The highest BCUT2D eigenvalue weighted by molar-refractivity contribution is 7.22. The van der Waals surface area contributed by atoms with Gasteiger partial charge in [0.05, 0.1) is 11.1 Å². The fourth-order valence-corrected chi connectivity index (χ4v) is 4.04. The van der Waals surface area contributed by atoms with Gasteiger partial charge in [-0.2, -0.15) is 0 Å². The molecule has 0 N–H and O–H groups in total. The average Bonchev–Trinajstić information content (AvgIpc) is 2.89. The number of hydrogen-bond acceptors (Lipinski definition) is 4. The largest absolute Gasteiger partial charge is 0.317 e. The fraction of sp³-hybridized carbons (Fsp3) is 0.357. The lowest BCUT2D eigenvalue weighted by Crippen LogP contribution is -2.01. The van der Waals surface area contributed by atoms with E-state index in [-0.39, 0.29) is 11.0 Å². The molecule has 0 fully saturated rings. The van der Waals surface area contributed by atoms with E-state index in [9.17, 15) is 4.39 Å². The Morgan fingerprint density at radius 2 is 2.00 bits per heavy atom. The van der Waals surface area contributed by atoms with Crippen molar-refractivity contribution in [1.82, 2.24) is 19.5 Å². The Morgan fingerprint density at radius 3 is 2.67 bits per heavy atom. The van der Waals surface area contributed by atoms with E-state index in [0.29, 0.717) is 6.04 Å². The van der Waals surface area contributed by atoms with Crippen molar-refractivity contribution in [2.75, 3.05) is 0 Å². The van der Waals surface area contributed by atoms with Crippen molar-refractivity contribution in [3.8, 4) is 10.6 Å². The molecule has 3 rings (SSSR count). The number of rotatable bonds is 2. The lowest BCUT2D eigenvalue weighted by molar-refractivity contribution is 0.602. The van der Waals surface area contributed by atoms with Crippen LogP contribution < -0.4 is 0 Å². The molecule has 4 nitrogen and oxygen atoms in total. The molecule has 0 aliphatic heterocycles. The first-order chi connectivity index (χ1) is 9.90. The molecule has 0 radical (unpaired) electrons. The molecule has 0 aliphatic carbocycles. The number of nitrogens with zero attached hydrogens (tertiary/aromatic N) is 4. The Hall–Kier alpha value is -1.53. The van der Waals surface area contributed by atoms with E-state index in [1.165, 1.54) is 11.3 Å². The highest BCUT2D eigenvalue weighted by atomic mass is 35.5. The minimum atomic E-state index is -0.473. The van der Waals surface area contributed by atoms with E-state index in [1.54, 1.807) is 0 Å². The zero-order valence-corrected chi connectivity index (χ0v) is 13.7. The van der Waals surface area contributed by atoms with E-state index in [2.05, 4.69) is 33.4 Å². The van der Waals surface area contributed by atoms with Crippen molar-refractivity contribution in [1.29, 1.82) is 0 Å². The summed E-state index contributed by atoms with van der Waals surface area (Å²) in [6.07, 6.45) is 1.10. The number of halogens is 2. The Labute approximate surface area is 130 Å². The third-order valence-corrected chi connectivity index (χ3v) is 4.85. The molecule has 0 amide bonds. The highest BCUT2D eigenvalue weighted by Gasteiger charge is 2.21. The van der Waals surface area contributed by atoms with Gasteiger partial charge in [0, 0.05) is 6.04 Å². The summed E-state index contributed by atoms with van der Waals surface area (Å²) in [6, 6.07) is 0.291. The van der Waals surface area contributed by atoms with Gasteiger partial charge in [0.2, 0.25) is 5.28 Å². The lowest BCUT2D eigenvalue weighted by atomic mass is 10.2. The van der Waals surface area contributed by atoms with Crippen LogP contribution in [0.3, 0.4) is 0 Å². The van der Waals surface area contributed by atoms with Crippen LogP contribution in [0.4, 0.5) is 4.39 Å². The molecule has 3 heterocycles. The van der Waals surface area contributed by atoms with Gasteiger partial charge in [-0.1, -0.05) is 0 Å². The van der Waals surface area contributed by atoms with E-state index >= 15 is 0 Å². The van der Waals surface area contributed by atoms with Crippen LogP contribution in [-0.2, 0) is 0 Å². The van der Waals surface area contributed by atoms with Gasteiger partial charge in [0.1, 0.15) is 21.9 Å². The van der Waals surface area contributed by atoms with Crippen molar-refractivity contribution >= 4 is 33.3 Å². The van der Waals surface area contributed by atoms with Crippen LogP contribution in [0.25, 0.3) is 20.9 Å². The van der Waals surface area contributed by atoms with Crippen molar-refractivity contribution in [2.45, 2.75) is 33.7 Å². The first-order valence-corrected chi connectivity index (χ1v) is 7.76. The molecule has 0 saturated carbocycles. The Balaban J connectivity index is 2.30. The van der Waals surface area contributed by atoms with Gasteiger partial charge in [-0.3, -0.25) is 0 Å². The van der Waals surface area contributed by atoms with Crippen LogP contribution in [0.1, 0.15) is 31.3 Å². The van der Waals surface area contributed by atoms with Crippen LogP contribution in [0.5, 0.6) is 0 Å². The summed E-state index contributed by atoms with van der Waals surface area (Å²) in [7, 11) is 0. The molecule has 0 bridgehead atoms. The van der Waals surface area contributed by atoms with Crippen LogP contribution in [0, 0.1) is 19.7 Å². The minimum Gasteiger partial charge on any atom is -0.317 e. The maximum atomic E-state index is 14.0. The molecule has 110 valence electrons. The third kappa shape index (κ3) is 2.22. The molecule has 0 atom stereocenters. The first kappa shape index (κ1) is 14.4. The van der Waals surface area contributed by atoms with E-state index < -0.39 is 5.82 Å². The smallest absolute Gasteiger partial charge is 0.223 e. The summed E-state index contributed by atoms with van der Waals surface area (Å²) in [6.45, 7) is 8.12. The molecule has 0 unspecified atom stereocenters. The normalized spacial score (nSPS) is 11.8. The molecular weight excluding hydrogens is 311 g/mol. The first-order valence-electron chi connectivity index (χ1n) is 6.56. The number of aryl methyl sites for hydroxylation is 2. The number of aromatic nitrogens is 4. The average molecular weight is 325 g/mol. The van der Waals surface area contributed by atoms with E-state index in [1.807, 2.05) is 13.8 Å². The summed E-state index contributed by atoms with van der Waals surface area (Å²) in [5.41, 5.74) is 2.06. The predicted octanol–water partition coefficient (Wildman–Crippen LogP) is 4.55. The standard InChI is InChI=1S/C14H14ClFN4S/c1-6(2)20-8(4)18-10-7(3)12(21-13(10)20)11-9(16)5-17-14(15)19-11/h5-6H,1-4H3. The van der Waals surface area contributed by atoms with Crippen LogP contribution >= 0.6 is 22.9 Å². The van der Waals surface area contributed by atoms with Crippen molar-refractivity contribution in [3.05, 3.63) is 28.7 Å². The minimum absolute atomic E-state index is 0.0414. The number of hydrogen-bond donors (Lipinski definition) is 0. The maximum Gasteiger partial charge on any atom is 0.223 e. The fourth-order valence-electron chi connectivity index (χ4n) is 2.49. The third-order valence-electron chi connectivity index (χ3n) is 3.38. The Kier molecular flexibility index (Phi) is 3.45. The summed E-state index contributed by atoms with van der Waals surface area (Å²) < 4.78 is 16.2. The molecular formula is C14H14ClFN4S. The van der Waals surface area contributed by atoms with Crippen molar-refractivity contribution in [2.24, 2.45) is 0 Å². The Bertz CT molecular complexity index is 837. The van der Waals surface area contributed by atoms with Gasteiger partial charge in [-0.25, -0.2) is 19.3 Å². The summed E-state index contributed by atoms with van der Waals surface area (Å²) in [5.74, 6) is 0.487. The SMILES string of the molecule is Cc1c(-c2nc(Cl)ncc2F)sc2c1nc(C)n2C(C)C. The van der Waals surface area contributed by atoms with Crippen LogP contribution in [0.15, 0.2) is 6.20 Å². The molecule has 0 spiro atoms. The monoisotopic (exact) mass is 324 g/mol. The summed E-state index contributed by atoms with van der Waals surface area (Å²) in [5, 5.41) is 0.0414. The van der Waals surface area contributed by atoms with Gasteiger partial charge in [0.15, 0.2) is 5.82 Å². The second-order valence-corrected chi connectivity index (χ2v) is 6.51. The molecule has 0 aromatic carbocycles. The topological polar surface area (TPSA) is 43.6 Å². The van der Waals surface area contributed by atoms with Gasteiger partial charge >= 0.3 is 0 Å². The number of fused-ring (bicyclic) bond motifs is 1. The Morgan fingerprint density at radius 1 is 1.29 bits per heavy atom. The summed E-state index contributed by atoms with van der Waals surface area (Å²) >= 11 is 7.28. The molecule has 7 heteroatoms. The van der Waals surface area contributed by atoms with E-state index in [0.717, 1.165) is 32.8 Å². The van der Waals surface area contributed by atoms with E-state index in [4.69, 9.17) is 11.6 Å². The highest BCUT2D eigenvalue weighted by Crippen LogP contribution is 2.39. The van der Waals surface area contributed by atoms with Crippen molar-refractivity contribution < 1.29 is 4.39 Å². The van der Waals surface area contributed by atoms with Crippen LogP contribution in [-0.4, -0.2) is 19.5 Å². The van der Waals surface area contributed by atoms with Crippen LogP contribution in [0.2, 0.25) is 5.28 Å². The molecule has 0 aliphatic rings. The molecule has 21 heavy (non-hydrogen) atoms. The second-order valence-electron chi connectivity index (χ2n) is 5.17. The van der Waals surface area contributed by atoms with Crippen molar-refractivity contribution in [3.63, 3.8) is 0 Å². The quantitative estimate of drug-likeness (QED) is 0.650. The predicted molar refractivity (Wildman–Crippen MR) is 83.5 cm³/mol. The second kappa shape index (κ2) is 5.03. The van der Waals surface area contributed by atoms with Gasteiger partial charge < -0.3 is 4.57 Å². The summed E-state index contributed by atoms with van der Waals surface area (Å²) in [4.78, 5) is 14.1. The zero-order chi connectivity index (χ0) is 15.3. The van der Waals surface area contributed by atoms with Gasteiger partial charge in [0.25, 0.3) is 0 Å². The molecule has 3 aromatic rings. The van der Waals surface area contributed by atoms with Gasteiger partial charge in [-0.05, 0) is 44.9 Å². The van der Waals surface area contributed by atoms with Gasteiger partial charge in [-0.15, -0.1) is 11.3 Å².